The van der Waals surface area contributed by atoms with E-state index in [0.717, 1.165) is 25.7 Å². The number of nitrogens with zero attached hydrogens (tertiary/aromatic N) is 4. The number of carbonyl (C=O) groups is 2. The molecule has 0 N–H and O–H groups in total. The molecule has 2 aliphatic heterocycles. The van der Waals surface area contributed by atoms with E-state index in [-0.39, 0.29) is 29.3 Å². The van der Waals surface area contributed by atoms with E-state index in [4.69, 9.17) is 0 Å². The van der Waals surface area contributed by atoms with Crippen LogP contribution in [0.5, 0.6) is 0 Å². The normalized spacial score (nSPS) is 35.5. The van der Waals surface area contributed by atoms with E-state index in [1.807, 2.05) is 15.7 Å². The van der Waals surface area contributed by atoms with Gasteiger partial charge >= 0.3 is 0 Å². The Labute approximate surface area is 136 Å². The summed E-state index contributed by atoms with van der Waals surface area (Å²) in [7, 11) is 0. The minimum absolute atomic E-state index is 0.0530. The lowest BCUT2D eigenvalue weighted by atomic mass is 9.66. The van der Waals surface area contributed by atoms with Gasteiger partial charge in [0.15, 0.2) is 0 Å². The van der Waals surface area contributed by atoms with E-state index in [1.165, 1.54) is 0 Å². The fourth-order valence-corrected chi connectivity index (χ4v) is 5.34. The highest BCUT2D eigenvalue weighted by atomic mass is 16.2. The second-order valence-corrected chi connectivity index (χ2v) is 7.53. The molecule has 1 saturated carbocycles. The van der Waals surface area contributed by atoms with Gasteiger partial charge in [0, 0.05) is 43.4 Å². The number of imidazole rings is 1. The van der Waals surface area contributed by atoms with Gasteiger partial charge in [-0.05, 0) is 25.7 Å². The molecule has 0 aromatic carbocycles. The van der Waals surface area contributed by atoms with Crippen LogP contribution in [0.15, 0.2) is 18.7 Å². The first-order chi connectivity index (χ1) is 11.0. The van der Waals surface area contributed by atoms with Crippen molar-refractivity contribution in [2.75, 3.05) is 6.54 Å². The van der Waals surface area contributed by atoms with Gasteiger partial charge in [-0.3, -0.25) is 9.59 Å². The summed E-state index contributed by atoms with van der Waals surface area (Å²) in [6, 6.07) is 0.729. The summed E-state index contributed by atoms with van der Waals surface area (Å²) in [5.74, 6) is 0.309. The highest BCUT2D eigenvalue weighted by molar-refractivity contribution is 5.78. The van der Waals surface area contributed by atoms with Gasteiger partial charge in [0.05, 0.1) is 12.4 Å². The molecule has 2 bridgehead atoms. The lowest BCUT2D eigenvalue weighted by molar-refractivity contribution is -0.137. The van der Waals surface area contributed by atoms with Crippen LogP contribution in [-0.2, 0) is 16.1 Å². The van der Waals surface area contributed by atoms with Crippen LogP contribution >= 0.6 is 0 Å². The number of fused-ring (bicyclic) bond motifs is 1. The molecule has 4 atom stereocenters. The average Bonchev–Trinajstić information content (AvgIpc) is 3.09. The van der Waals surface area contributed by atoms with Crippen LogP contribution in [0.1, 0.15) is 39.5 Å². The van der Waals surface area contributed by atoms with Crippen molar-refractivity contribution in [2.45, 2.75) is 64.2 Å². The van der Waals surface area contributed by atoms with Crippen LogP contribution in [0.25, 0.3) is 0 Å². The Hall–Kier alpha value is -1.85. The molecule has 4 rings (SSSR count). The van der Waals surface area contributed by atoms with Gasteiger partial charge < -0.3 is 14.4 Å². The van der Waals surface area contributed by atoms with E-state index in [0.29, 0.717) is 19.1 Å². The first kappa shape index (κ1) is 14.7. The monoisotopic (exact) mass is 316 g/mol. The summed E-state index contributed by atoms with van der Waals surface area (Å²) in [6.45, 7) is 4.99. The zero-order chi connectivity index (χ0) is 16.2. The number of rotatable bonds is 2. The van der Waals surface area contributed by atoms with Crippen molar-refractivity contribution in [2.24, 2.45) is 5.41 Å². The van der Waals surface area contributed by atoms with E-state index in [1.54, 1.807) is 19.4 Å². The van der Waals surface area contributed by atoms with Crippen LogP contribution < -0.4 is 0 Å². The Kier molecular flexibility index (Phi) is 3.25. The molecular formula is C17H24N4O2. The molecule has 6 heteroatoms. The Morgan fingerprint density at radius 2 is 2.09 bits per heavy atom. The van der Waals surface area contributed by atoms with Gasteiger partial charge in [-0.2, -0.15) is 0 Å². The summed E-state index contributed by atoms with van der Waals surface area (Å²) in [5.41, 5.74) is 0.0530. The zero-order valence-corrected chi connectivity index (χ0v) is 13.8. The highest BCUT2D eigenvalue weighted by Crippen LogP contribution is 2.54. The molecule has 2 saturated heterocycles. The number of aromatic nitrogens is 2. The summed E-state index contributed by atoms with van der Waals surface area (Å²) in [5, 5.41) is 0. The molecule has 124 valence electrons. The van der Waals surface area contributed by atoms with Gasteiger partial charge in [0.25, 0.3) is 0 Å². The van der Waals surface area contributed by atoms with Crippen LogP contribution in [0.4, 0.5) is 0 Å². The Morgan fingerprint density at radius 1 is 1.30 bits per heavy atom. The molecule has 1 aliphatic carbocycles. The van der Waals surface area contributed by atoms with Gasteiger partial charge in [-0.15, -0.1) is 0 Å². The Balaban J connectivity index is 1.64. The fraction of sp³-hybridized carbons (Fsp3) is 0.706. The maximum Gasteiger partial charge on any atom is 0.243 e. The van der Waals surface area contributed by atoms with Crippen molar-refractivity contribution in [3.8, 4) is 0 Å². The van der Waals surface area contributed by atoms with Crippen LogP contribution in [0, 0.1) is 5.41 Å². The quantitative estimate of drug-likeness (QED) is 0.826. The summed E-state index contributed by atoms with van der Waals surface area (Å²) in [6.07, 6.45) is 9.47. The number of amides is 2. The first-order valence-corrected chi connectivity index (χ1v) is 8.55. The molecule has 23 heavy (non-hydrogen) atoms. The lowest BCUT2D eigenvalue weighted by Crippen LogP contribution is -2.57. The Bertz CT molecular complexity index is 629. The number of likely N-dealkylation sites (tertiary alicyclic amines) is 2. The zero-order valence-electron chi connectivity index (χ0n) is 13.8. The second-order valence-electron chi connectivity index (χ2n) is 7.53. The van der Waals surface area contributed by atoms with E-state index in [2.05, 4.69) is 16.8 Å². The van der Waals surface area contributed by atoms with Crippen molar-refractivity contribution in [1.82, 2.24) is 19.4 Å². The van der Waals surface area contributed by atoms with Gasteiger partial charge in [-0.25, -0.2) is 4.98 Å². The van der Waals surface area contributed by atoms with Crippen LogP contribution in [0.2, 0.25) is 0 Å². The molecule has 0 unspecified atom stereocenters. The summed E-state index contributed by atoms with van der Waals surface area (Å²) in [4.78, 5) is 33.2. The number of piperidine rings is 1. The molecule has 3 aliphatic rings. The molecule has 3 heterocycles. The minimum Gasteiger partial charge on any atom is -0.337 e. The molecule has 1 aromatic rings. The first-order valence-electron chi connectivity index (χ1n) is 8.55. The average molecular weight is 316 g/mol. The molecule has 0 radical (unpaired) electrons. The third-order valence-corrected chi connectivity index (χ3v) is 6.24. The number of carbonyl (C=O) groups excluding carboxylic acids is 2. The van der Waals surface area contributed by atoms with E-state index in [9.17, 15) is 9.59 Å². The Morgan fingerprint density at radius 3 is 2.78 bits per heavy atom. The van der Waals surface area contributed by atoms with Crippen molar-refractivity contribution < 1.29 is 9.59 Å². The third-order valence-electron chi connectivity index (χ3n) is 6.24. The molecule has 2 amide bonds. The van der Waals surface area contributed by atoms with Gasteiger partial charge in [-0.1, -0.05) is 6.92 Å². The topological polar surface area (TPSA) is 58.4 Å². The van der Waals surface area contributed by atoms with Gasteiger partial charge in [0.2, 0.25) is 11.8 Å². The van der Waals surface area contributed by atoms with Crippen molar-refractivity contribution in [3.63, 3.8) is 0 Å². The molecule has 1 aromatic heterocycles. The minimum atomic E-state index is 0.0530. The molecule has 3 fully saturated rings. The molecule has 0 spiro atoms. The van der Waals surface area contributed by atoms with Crippen molar-refractivity contribution in [3.05, 3.63) is 18.7 Å². The third kappa shape index (κ3) is 2.11. The van der Waals surface area contributed by atoms with Crippen molar-refractivity contribution >= 4 is 11.8 Å². The fourth-order valence-electron chi connectivity index (χ4n) is 5.34. The largest absolute Gasteiger partial charge is 0.337 e. The van der Waals surface area contributed by atoms with Crippen molar-refractivity contribution in [1.29, 1.82) is 0 Å². The molecular weight excluding hydrogens is 292 g/mol. The SMILES string of the molecule is CC(=O)N1C[C@@H]2C[C@@]3(C)[C@H](CCC[C@@H]13)N2C(=O)Cn1ccnc1. The van der Waals surface area contributed by atoms with E-state index < -0.39 is 0 Å². The summed E-state index contributed by atoms with van der Waals surface area (Å²) >= 11 is 0. The number of hydrogen-bond acceptors (Lipinski definition) is 3. The molecule has 6 nitrogen and oxygen atoms in total. The van der Waals surface area contributed by atoms with Crippen LogP contribution in [-0.4, -0.2) is 55.8 Å². The highest BCUT2D eigenvalue weighted by Gasteiger charge is 2.61. The predicted octanol–water partition coefficient (Wildman–Crippen LogP) is 1.27. The predicted molar refractivity (Wildman–Crippen MR) is 84.4 cm³/mol. The number of hydrogen-bond donors (Lipinski definition) is 0. The second kappa shape index (κ2) is 5.08. The summed E-state index contributed by atoms with van der Waals surface area (Å²) < 4.78 is 1.83. The van der Waals surface area contributed by atoms with E-state index >= 15 is 0 Å². The van der Waals surface area contributed by atoms with Gasteiger partial charge in [0.1, 0.15) is 6.54 Å². The lowest BCUT2D eigenvalue weighted by Gasteiger charge is -2.49. The maximum absolute atomic E-state index is 12.9. The maximum atomic E-state index is 12.9. The van der Waals surface area contributed by atoms with Crippen LogP contribution in [0.3, 0.4) is 0 Å². The standard InChI is InChI=1S/C17H24N4O2/c1-12(22)20-9-13-8-17(2)14(20)4-3-5-15(17)21(13)16(23)10-19-7-6-18-11-19/h6-7,11,13-15H,3-5,8-10H2,1-2H3/t13-,14+,15-,17+/m0/s1. The smallest absolute Gasteiger partial charge is 0.243 e.